The summed E-state index contributed by atoms with van der Waals surface area (Å²) in [4.78, 5) is 13.9. The minimum absolute atomic E-state index is 0.522. The molecule has 0 radical (unpaired) electrons. The fraction of sp³-hybridized carbons (Fsp3) is 0.0833. The van der Waals surface area contributed by atoms with Crippen molar-refractivity contribution in [2.45, 2.75) is 10.8 Å². The summed E-state index contributed by atoms with van der Waals surface area (Å²) in [5, 5.41) is 4.28. The Morgan fingerprint density at radius 2 is 2.21 bits per heavy atom. The van der Waals surface area contributed by atoms with Crippen LogP contribution < -0.4 is 5.73 Å². The van der Waals surface area contributed by atoms with Crippen LogP contribution in [0.2, 0.25) is 5.02 Å². The van der Waals surface area contributed by atoms with Crippen molar-refractivity contribution in [3.8, 4) is 0 Å². The first-order valence-corrected chi connectivity index (χ1v) is 7.71. The van der Waals surface area contributed by atoms with E-state index in [1.807, 2.05) is 17.5 Å². The van der Waals surface area contributed by atoms with Crippen LogP contribution >= 0.6 is 34.7 Å². The second kappa shape index (κ2) is 5.32. The topological polar surface area (TPSA) is 64.7 Å². The molecule has 0 aliphatic heterocycles. The van der Waals surface area contributed by atoms with Gasteiger partial charge in [0.15, 0.2) is 0 Å². The highest BCUT2D eigenvalue weighted by molar-refractivity contribution is 7.98. The van der Waals surface area contributed by atoms with E-state index in [-0.39, 0.29) is 0 Å². The first-order valence-electron chi connectivity index (χ1n) is 5.47. The van der Waals surface area contributed by atoms with Gasteiger partial charge in [-0.25, -0.2) is 15.0 Å². The maximum Gasteiger partial charge on any atom is 0.142 e. The van der Waals surface area contributed by atoms with E-state index in [2.05, 4.69) is 15.0 Å². The highest BCUT2D eigenvalue weighted by Gasteiger charge is 2.08. The Morgan fingerprint density at radius 1 is 1.32 bits per heavy atom. The van der Waals surface area contributed by atoms with Crippen molar-refractivity contribution in [1.82, 2.24) is 15.0 Å². The van der Waals surface area contributed by atoms with Gasteiger partial charge in [0.05, 0.1) is 16.2 Å². The summed E-state index contributed by atoms with van der Waals surface area (Å²) in [6, 6.07) is 5.55. The number of aromatic nitrogens is 3. The van der Waals surface area contributed by atoms with Crippen LogP contribution in [0.5, 0.6) is 0 Å². The third-order valence-corrected chi connectivity index (χ3v) is 4.69. The molecule has 96 valence electrons. The summed E-state index contributed by atoms with van der Waals surface area (Å²) in [6.07, 6.45) is 1.71. The molecule has 0 amide bonds. The van der Waals surface area contributed by atoms with Gasteiger partial charge < -0.3 is 5.73 Å². The van der Waals surface area contributed by atoms with Crippen molar-refractivity contribution in [2.75, 3.05) is 5.73 Å². The first-order chi connectivity index (χ1) is 9.24. The SMILES string of the molecule is Nc1nc(CSc2ncccc2Cl)nc2sccc12. The van der Waals surface area contributed by atoms with Crippen LogP contribution in [0.4, 0.5) is 5.82 Å². The molecule has 2 N–H and O–H groups in total. The number of thioether (sulfide) groups is 1. The summed E-state index contributed by atoms with van der Waals surface area (Å²) >= 11 is 9.11. The monoisotopic (exact) mass is 308 g/mol. The van der Waals surface area contributed by atoms with Crippen molar-refractivity contribution < 1.29 is 0 Å². The molecule has 3 aromatic rings. The lowest BCUT2D eigenvalue weighted by Crippen LogP contribution is -1.98. The Labute approximate surface area is 123 Å². The Morgan fingerprint density at radius 3 is 3.05 bits per heavy atom. The molecule has 0 aromatic carbocycles. The predicted octanol–water partition coefficient (Wildman–Crippen LogP) is 3.61. The molecule has 0 spiro atoms. The summed E-state index contributed by atoms with van der Waals surface area (Å²) in [6.45, 7) is 0. The fourth-order valence-electron chi connectivity index (χ4n) is 1.60. The molecule has 0 saturated heterocycles. The lowest BCUT2D eigenvalue weighted by atomic mass is 10.4. The molecule has 3 aromatic heterocycles. The zero-order valence-corrected chi connectivity index (χ0v) is 12.1. The average molecular weight is 309 g/mol. The van der Waals surface area contributed by atoms with Crippen LogP contribution in [0.1, 0.15) is 5.82 Å². The van der Waals surface area contributed by atoms with E-state index < -0.39 is 0 Å². The number of nitrogens with zero attached hydrogens (tertiary/aromatic N) is 3. The van der Waals surface area contributed by atoms with Crippen LogP contribution in [0.15, 0.2) is 34.8 Å². The molecule has 0 atom stereocenters. The molecule has 3 heterocycles. The van der Waals surface area contributed by atoms with Crippen LogP contribution in [0.3, 0.4) is 0 Å². The van der Waals surface area contributed by atoms with Gasteiger partial charge in [-0.2, -0.15) is 0 Å². The van der Waals surface area contributed by atoms with Crippen LogP contribution in [-0.2, 0) is 5.75 Å². The summed E-state index contributed by atoms with van der Waals surface area (Å²) in [7, 11) is 0. The summed E-state index contributed by atoms with van der Waals surface area (Å²) in [5.41, 5.74) is 5.90. The molecular weight excluding hydrogens is 300 g/mol. The smallest absolute Gasteiger partial charge is 0.142 e. The minimum atomic E-state index is 0.522. The molecular formula is C12H9ClN4S2. The van der Waals surface area contributed by atoms with Crippen LogP contribution in [-0.4, -0.2) is 15.0 Å². The largest absolute Gasteiger partial charge is 0.383 e. The van der Waals surface area contributed by atoms with E-state index in [0.717, 1.165) is 15.2 Å². The van der Waals surface area contributed by atoms with Crippen LogP contribution in [0.25, 0.3) is 10.2 Å². The Kier molecular flexibility index (Phi) is 3.54. The highest BCUT2D eigenvalue weighted by atomic mass is 35.5. The number of hydrogen-bond acceptors (Lipinski definition) is 6. The molecule has 0 bridgehead atoms. The van der Waals surface area contributed by atoms with Gasteiger partial charge in [0.2, 0.25) is 0 Å². The average Bonchev–Trinajstić information content (AvgIpc) is 2.87. The molecule has 0 saturated carbocycles. The maximum atomic E-state index is 6.05. The predicted molar refractivity (Wildman–Crippen MR) is 80.6 cm³/mol. The van der Waals surface area contributed by atoms with E-state index in [1.54, 1.807) is 23.6 Å². The number of nitrogen functional groups attached to an aromatic ring is 1. The van der Waals surface area contributed by atoms with Crippen molar-refractivity contribution in [2.24, 2.45) is 0 Å². The number of hydrogen-bond donors (Lipinski definition) is 1. The van der Waals surface area contributed by atoms with Gasteiger partial charge in [0.25, 0.3) is 0 Å². The summed E-state index contributed by atoms with van der Waals surface area (Å²) in [5.74, 6) is 1.81. The molecule has 4 nitrogen and oxygen atoms in total. The van der Waals surface area contributed by atoms with Crippen LogP contribution in [0, 0.1) is 0 Å². The van der Waals surface area contributed by atoms with E-state index in [1.165, 1.54) is 11.8 Å². The van der Waals surface area contributed by atoms with Crippen molar-refractivity contribution in [3.05, 3.63) is 40.6 Å². The molecule has 0 unspecified atom stereocenters. The van der Waals surface area contributed by atoms with Gasteiger partial charge in [-0.15, -0.1) is 11.3 Å². The van der Waals surface area contributed by atoms with E-state index in [4.69, 9.17) is 17.3 Å². The highest BCUT2D eigenvalue weighted by Crippen LogP contribution is 2.28. The first kappa shape index (κ1) is 12.7. The maximum absolute atomic E-state index is 6.05. The summed E-state index contributed by atoms with van der Waals surface area (Å²) < 4.78 is 0. The molecule has 0 aliphatic rings. The number of rotatable bonds is 3. The van der Waals surface area contributed by atoms with E-state index in [9.17, 15) is 0 Å². The van der Waals surface area contributed by atoms with Gasteiger partial charge in [-0.1, -0.05) is 23.4 Å². The molecule has 3 rings (SSSR count). The number of thiophene rings is 1. The van der Waals surface area contributed by atoms with E-state index in [0.29, 0.717) is 22.4 Å². The lowest BCUT2D eigenvalue weighted by molar-refractivity contribution is 1.07. The lowest BCUT2D eigenvalue weighted by Gasteiger charge is -2.03. The molecule has 7 heteroatoms. The Balaban J connectivity index is 1.84. The normalized spacial score (nSPS) is 11.0. The van der Waals surface area contributed by atoms with Gasteiger partial charge >= 0.3 is 0 Å². The van der Waals surface area contributed by atoms with Gasteiger partial charge in [0.1, 0.15) is 21.5 Å². The van der Waals surface area contributed by atoms with Gasteiger partial charge in [-0.3, -0.25) is 0 Å². The second-order valence-electron chi connectivity index (χ2n) is 3.74. The van der Waals surface area contributed by atoms with Crippen molar-refractivity contribution in [1.29, 1.82) is 0 Å². The number of halogens is 1. The van der Waals surface area contributed by atoms with Gasteiger partial charge in [-0.05, 0) is 23.6 Å². The molecule has 0 aliphatic carbocycles. The standard InChI is InChI=1S/C12H9ClN4S2/c13-8-2-1-4-15-12(8)19-6-9-16-10(14)7-3-5-18-11(7)17-9/h1-5H,6H2,(H2,14,16,17). The third kappa shape index (κ3) is 2.65. The number of anilines is 1. The molecule has 0 fully saturated rings. The van der Waals surface area contributed by atoms with Crippen molar-refractivity contribution >= 4 is 50.7 Å². The second-order valence-corrected chi connectivity index (χ2v) is 6.01. The minimum Gasteiger partial charge on any atom is -0.383 e. The zero-order valence-electron chi connectivity index (χ0n) is 9.71. The van der Waals surface area contributed by atoms with Crippen molar-refractivity contribution in [3.63, 3.8) is 0 Å². The fourth-order valence-corrected chi connectivity index (χ4v) is 3.41. The quantitative estimate of drug-likeness (QED) is 0.749. The molecule has 19 heavy (non-hydrogen) atoms. The third-order valence-electron chi connectivity index (χ3n) is 2.46. The van der Waals surface area contributed by atoms with E-state index >= 15 is 0 Å². The Hall–Kier alpha value is -1.37. The van der Waals surface area contributed by atoms with Gasteiger partial charge in [0, 0.05) is 6.20 Å². The zero-order chi connectivity index (χ0) is 13.2. The number of fused-ring (bicyclic) bond motifs is 1. The number of pyridine rings is 1. The Bertz CT molecular complexity index is 729. The number of nitrogens with two attached hydrogens (primary N) is 1.